The number of piperidine rings is 1. The predicted octanol–water partition coefficient (Wildman–Crippen LogP) is -0.0256. The first kappa shape index (κ1) is 29.5. The molecule has 200 valence electrons. The van der Waals surface area contributed by atoms with Crippen LogP contribution in [0.2, 0.25) is 0 Å². The van der Waals surface area contributed by atoms with Crippen LogP contribution in [0.5, 0.6) is 0 Å². The number of nitrogens with one attached hydrogen (secondary N) is 3. The SMILES string of the molecule is CCCN1CCN(C/C=C/C(=O)NC)CC1.CNC(=O)/C=C/CN1CCC(N2CCNCC2)CC1. The second-order valence-electron chi connectivity index (χ2n) is 9.49. The minimum atomic E-state index is -0.0235. The minimum absolute atomic E-state index is 0.0179. The number of piperazine rings is 2. The van der Waals surface area contributed by atoms with Gasteiger partial charge >= 0.3 is 0 Å². The lowest BCUT2D eigenvalue weighted by atomic mass is 10.0. The highest BCUT2D eigenvalue weighted by Gasteiger charge is 2.24. The van der Waals surface area contributed by atoms with Crippen LogP contribution in [-0.4, -0.2) is 137 Å². The fraction of sp³-hybridized carbons (Fsp3) is 0.769. The monoisotopic (exact) mass is 491 g/mol. The summed E-state index contributed by atoms with van der Waals surface area (Å²) in [6.07, 6.45) is 10.9. The van der Waals surface area contributed by atoms with Crippen molar-refractivity contribution in [2.75, 3.05) is 99.2 Å². The van der Waals surface area contributed by atoms with Crippen molar-refractivity contribution in [1.82, 2.24) is 35.6 Å². The van der Waals surface area contributed by atoms with E-state index in [9.17, 15) is 9.59 Å². The maximum Gasteiger partial charge on any atom is 0.243 e. The van der Waals surface area contributed by atoms with Gasteiger partial charge in [-0.2, -0.15) is 0 Å². The Kier molecular flexibility index (Phi) is 14.8. The lowest BCUT2D eigenvalue weighted by Gasteiger charge is -2.40. The van der Waals surface area contributed by atoms with Gasteiger partial charge in [-0.1, -0.05) is 19.1 Å². The minimum Gasteiger partial charge on any atom is -0.356 e. The average Bonchev–Trinajstić information content (AvgIpc) is 2.91. The third-order valence-electron chi connectivity index (χ3n) is 6.99. The Hall–Kier alpha value is -1.78. The van der Waals surface area contributed by atoms with Crippen LogP contribution in [0.15, 0.2) is 24.3 Å². The number of rotatable bonds is 9. The molecule has 35 heavy (non-hydrogen) atoms. The zero-order valence-corrected chi connectivity index (χ0v) is 22.3. The number of carbonyl (C=O) groups excluding carboxylic acids is 2. The zero-order valence-electron chi connectivity index (χ0n) is 22.3. The highest BCUT2D eigenvalue weighted by Crippen LogP contribution is 2.16. The van der Waals surface area contributed by atoms with Crippen molar-refractivity contribution in [3.63, 3.8) is 0 Å². The van der Waals surface area contributed by atoms with Crippen molar-refractivity contribution in [1.29, 1.82) is 0 Å². The van der Waals surface area contributed by atoms with E-state index in [0.29, 0.717) is 0 Å². The molecule has 0 unspecified atom stereocenters. The zero-order chi connectivity index (χ0) is 25.3. The summed E-state index contributed by atoms with van der Waals surface area (Å²) in [6, 6.07) is 0.765. The van der Waals surface area contributed by atoms with E-state index in [2.05, 4.69) is 42.5 Å². The van der Waals surface area contributed by atoms with E-state index in [1.807, 2.05) is 12.2 Å². The Morgan fingerprint density at radius 2 is 1.26 bits per heavy atom. The maximum absolute atomic E-state index is 11.1. The Labute approximate surface area is 212 Å². The third kappa shape index (κ3) is 12.1. The van der Waals surface area contributed by atoms with Crippen LogP contribution < -0.4 is 16.0 Å². The highest BCUT2D eigenvalue weighted by atomic mass is 16.2. The number of likely N-dealkylation sites (N-methyl/N-ethyl adjacent to an activating group) is 2. The number of nitrogens with zero attached hydrogens (tertiary/aromatic N) is 4. The number of hydrogen-bond donors (Lipinski definition) is 3. The van der Waals surface area contributed by atoms with Gasteiger partial charge < -0.3 is 20.9 Å². The third-order valence-corrected chi connectivity index (χ3v) is 6.99. The molecule has 3 aliphatic rings. The van der Waals surface area contributed by atoms with Crippen molar-refractivity contribution in [3.8, 4) is 0 Å². The number of hydrogen-bond acceptors (Lipinski definition) is 7. The molecule has 0 aromatic rings. The lowest BCUT2D eigenvalue weighted by molar-refractivity contribution is -0.116. The molecule has 0 spiro atoms. The van der Waals surface area contributed by atoms with Gasteiger partial charge in [0.2, 0.25) is 11.8 Å². The molecule has 0 aromatic heterocycles. The van der Waals surface area contributed by atoms with Gasteiger partial charge in [-0.3, -0.25) is 24.3 Å². The van der Waals surface area contributed by atoms with Crippen LogP contribution in [0.4, 0.5) is 0 Å². The van der Waals surface area contributed by atoms with Crippen LogP contribution in [0.3, 0.4) is 0 Å². The molecular formula is C26H49N7O2. The van der Waals surface area contributed by atoms with Gasteiger partial charge in [0.25, 0.3) is 0 Å². The first-order valence-electron chi connectivity index (χ1n) is 13.4. The normalized spacial score (nSPS) is 21.7. The van der Waals surface area contributed by atoms with Gasteiger partial charge in [-0.15, -0.1) is 0 Å². The highest BCUT2D eigenvalue weighted by molar-refractivity contribution is 5.87. The van der Waals surface area contributed by atoms with Crippen molar-refractivity contribution in [3.05, 3.63) is 24.3 Å². The second-order valence-corrected chi connectivity index (χ2v) is 9.49. The number of amides is 2. The van der Waals surface area contributed by atoms with Crippen LogP contribution in [-0.2, 0) is 9.59 Å². The van der Waals surface area contributed by atoms with Crippen molar-refractivity contribution < 1.29 is 9.59 Å². The molecule has 0 aromatic carbocycles. The van der Waals surface area contributed by atoms with Crippen LogP contribution in [0.25, 0.3) is 0 Å². The number of carbonyl (C=O) groups is 2. The average molecular weight is 492 g/mol. The molecule has 0 atom stereocenters. The summed E-state index contributed by atoms with van der Waals surface area (Å²) >= 11 is 0. The molecule has 9 heteroatoms. The summed E-state index contributed by atoms with van der Waals surface area (Å²) in [5, 5.41) is 8.58. The first-order chi connectivity index (χ1) is 17.0. The van der Waals surface area contributed by atoms with Crippen LogP contribution >= 0.6 is 0 Å². The molecule has 9 nitrogen and oxygen atoms in total. The summed E-state index contributed by atoms with van der Waals surface area (Å²) < 4.78 is 0. The molecular weight excluding hydrogens is 442 g/mol. The first-order valence-corrected chi connectivity index (χ1v) is 13.4. The Morgan fingerprint density at radius 3 is 1.74 bits per heavy atom. The molecule has 0 aliphatic carbocycles. The summed E-state index contributed by atoms with van der Waals surface area (Å²) in [4.78, 5) is 32.0. The summed E-state index contributed by atoms with van der Waals surface area (Å²) in [7, 11) is 3.31. The topological polar surface area (TPSA) is 83.2 Å². The molecule has 3 N–H and O–H groups in total. The van der Waals surface area contributed by atoms with E-state index in [0.717, 1.165) is 71.5 Å². The van der Waals surface area contributed by atoms with Crippen molar-refractivity contribution in [2.24, 2.45) is 0 Å². The van der Waals surface area contributed by atoms with Crippen molar-refractivity contribution in [2.45, 2.75) is 32.2 Å². The van der Waals surface area contributed by atoms with Gasteiger partial charge in [-0.05, 0) is 38.9 Å². The summed E-state index contributed by atoms with van der Waals surface area (Å²) in [5.74, 6) is -0.0414. The molecule has 3 fully saturated rings. The van der Waals surface area contributed by atoms with Gasteiger partial charge in [0.1, 0.15) is 0 Å². The summed E-state index contributed by atoms with van der Waals surface area (Å²) in [6.45, 7) is 16.7. The fourth-order valence-electron chi connectivity index (χ4n) is 4.81. The van der Waals surface area contributed by atoms with Crippen molar-refractivity contribution >= 4 is 11.8 Å². The predicted molar refractivity (Wildman–Crippen MR) is 143 cm³/mol. The van der Waals surface area contributed by atoms with Crippen LogP contribution in [0, 0.1) is 0 Å². The van der Waals surface area contributed by atoms with E-state index in [1.54, 1.807) is 26.2 Å². The smallest absolute Gasteiger partial charge is 0.243 e. The molecule has 3 rings (SSSR count). The Morgan fingerprint density at radius 1 is 0.771 bits per heavy atom. The van der Waals surface area contributed by atoms with E-state index in [1.165, 1.54) is 38.9 Å². The molecule has 0 saturated carbocycles. The molecule has 2 amide bonds. The quantitative estimate of drug-likeness (QED) is 0.391. The van der Waals surface area contributed by atoms with Gasteiger partial charge in [-0.25, -0.2) is 0 Å². The van der Waals surface area contributed by atoms with Gasteiger partial charge in [0.15, 0.2) is 0 Å². The Bertz CT molecular complexity index is 648. The van der Waals surface area contributed by atoms with E-state index < -0.39 is 0 Å². The van der Waals surface area contributed by atoms with Gasteiger partial charge in [0.05, 0.1) is 0 Å². The largest absolute Gasteiger partial charge is 0.356 e. The molecule has 3 saturated heterocycles. The second kappa shape index (κ2) is 17.6. The molecule has 0 bridgehead atoms. The van der Waals surface area contributed by atoms with Gasteiger partial charge in [0, 0.05) is 97.7 Å². The van der Waals surface area contributed by atoms with E-state index in [4.69, 9.17) is 0 Å². The fourth-order valence-corrected chi connectivity index (χ4v) is 4.81. The molecule has 3 heterocycles. The van der Waals surface area contributed by atoms with E-state index in [-0.39, 0.29) is 11.8 Å². The number of likely N-dealkylation sites (tertiary alicyclic amines) is 1. The summed E-state index contributed by atoms with van der Waals surface area (Å²) in [5.41, 5.74) is 0. The molecule has 0 radical (unpaired) electrons. The maximum atomic E-state index is 11.1. The van der Waals surface area contributed by atoms with Crippen LogP contribution in [0.1, 0.15) is 26.2 Å². The van der Waals surface area contributed by atoms with E-state index >= 15 is 0 Å². The standard InChI is InChI=1S/C14H26N4O.C12H23N3O/c1-15-14(19)3-2-8-17-9-4-13(5-10-17)18-11-6-16-7-12-18;1-3-6-14-8-10-15(11-9-14)7-4-5-12(16)13-2/h2-3,13,16H,4-12H2,1H3,(H,15,19);4-5H,3,6-11H2,1-2H3,(H,13,16)/b3-2+;5-4+. The lowest BCUT2D eigenvalue weighted by Crippen LogP contribution is -2.51. The molecule has 3 aliphatic heterocycles. The Balaban J connectivity index is 0.000000251.